The summed E-state index contributed by atoms with van der Waals surface area (Å²) in [6, 6.07) is 7.73. The van der Waals surface area contributed by atoms with Gasteiger partial charge >= 0.3 is 0 Å². The highest BCUT2D eigenvalue weighted by Gasteiger charge is 2.30. The number of ether oxygens (including phenoxy) is 1. The maximum absolute atomic E-state index is 12.5. The highest BCUT2D eigenvalue weighted by atomic mass is 16.5. The summed E-state index contributed by atoms with van der Waals surface area (Å²) in [7, 11) is 0. The van der Waals surface area contributed by atoms with E-state index in [1.165, 1.54) is 0 Å². The standard InChI is InChI=1S/C16H20N2O3/c1-11-14(12-4-2-3-5-13(12)18-11)15(19)17-10-16(20)6-8-21-9-7-16/h2-5,18,20H,6-10H2,1H3,(H,17,19). The van der Waals surface area contributed by atoms with Crippen LogP contribution in [-0.2, 0) is 4.74 Å². The first-order valence-corrected chi connectivity index (χ1v) is 7.25. The Morgan fingerprint density at radius 1 is 1.38 bits per heavy atom. The molecule has 3 rings (SSSR count). The van der Waals surface area contributed by atoms with Gasteiger partial charge in [-0.2, -0.15) is 0 Å². The van der Waals surface area contributed by atoms with Crippen molar-refractivity contribution in [3.63, 3.8) is 0 Å². The van der Waals surface area contributed by atoms with Gasteiger partial charge in [0.15, 0.2) is 0 Å². The van der Waals surface area contributed by atoms with Gasteiger partial charge in [0.1, 0.15) is 0 Å². The monoisotopic (exact) mass is 288 g/mol. The largest absolute Gasteiger partial charge is 0.388 e. The molecule has 5 heteroatoms. The Morgan fingerprint density at radius 2 is 2.10 bits per heavy atom. The van der Waals surface area contributed by atoms with Crippen LogP contribution in [0.1, 0.15) is 28.9 Å². The molecule has 0 aliphatic carbocycles. The summed E-state index contributed by atoms with van der Waals surface area (Å²) < 4.78 is 5.24. The van der Waals surface area contributed by atoms with Gasteiger partial charge < -0.3 is 20.1 Å². The molecule has 5 nitrogen and oxygen atoms in total. The molecule has 1 aliphatic rings. The number of aromatic amines is 1. The van der Waals surface area contributed by atoms with Crippen LogP contribution < -0.4 is 5.32 Å². The molecule has 0 unspecified atom stereocenters. The molecule has 1 aliphatic heterocycles. The fourth-order valence-electron chi connectivity index (χ4n) is 2.83. The predicted octanol–water partition coefficient (Wildman–Crippen LogP) is 1.75. The average molecular weight is 288 g/mol. The molecular formula is C16H20N2O3. The average Bonchev–Trinajstić information content (AvgIpc) is 2.81. The van der Waals surface area contributed by atoms with Crippen molar-refractivity contribution in [2.75, 3.05) is 19.8 Å². The van der Waals surface area contributed by atoms with Crippen LogP contribution in [0.3, 0.4) is 0 Å². The lowest BCUT2D eigenvalue weighted by molar-refractivity contribution is -0.0605. The van der Waals surface area contributed by atoms with Crippen LogP contribution in [0, 0.1) is 6.92 Å². The maximum Gasteiger partial charge on any atom is 0.253 e. The summed E-state index contributed by atoms with van der Waals surface area (Å²) in [6.45, 7) is 3.23. The maximum atomic E-state index is 12.5. The van der Waals surface area contributed by atoms with E-state index in [2.05, 4.69) is 10.3 Å². The number of benzene rings is 1. The highest BCUT2D eigenvalue weighted by Crippen LogP contribution is 2.23. The van der Waals surface area contributed by atoms with E-state index in [-0.39, 0.29) is 12.5 Å². The summed E-state index contributed by atoms with van der Waals surface area (Å²) >= 11 is 0. The minimum atomic E-state index is -0.853. The topological polar surface area (TPSA) is 74.4 Å². The van der Waals surface area contributed by atoms with E-state index < -0.39 is 5.60 Å². The lowest BCUT2D eigenvalue weighted by Crippen LogP contribution is -2.46. The smallest absolute Gasteiger partial charge is 0.253 e. The lowest BCUT2D eigenvalue weighted by Gasteiger charge is -2.32. The lowest BCUT2D eigenvalue weighted by atomic mass is 9.94. The molecule has 1 aromatic heterocycles. The van der Waals surface area contributed by atoms with E-state index in [9.17, 15) is 9.90 Å². The van der Waals surface area contributed by atoms with E-state index in [0.717, 1.165) is 16.6 Å². The third-order valence-corrected chi connectivity index (χ3v) is 4.12. The Hall–Kier alpha value is -1.85. The van der Waals surface area contributed by atoms with Gasteiger partial charge in [-0.3, -0.25) is 4.79 Å². The van der Waals surface area contributed by atoms with Crippen molar-refractivity contribution >= 4 is 16.8 Å². The van der Waals surface area contributed by atoms with Crippen LogP contribution in [0.2, 0.25) is 0 Å². The fraction of sp³-hybridized carbons (Fsp3) is 0.438. The molecule has 112 valence electrons. The van der Waals surface area contributed by atoms with E-state index >= 15 is 0 Å². The molecule has 0 saturated carbocycles. The molecule has 2 aromatic rings. The van der Waals surface area contributed by atoms with Crippen molar-refractivity contribution in [1.29, 1.82) is 0 Å². The van der Waals surface area contributed by atoms with Crippen molar-refractivity contribution in [2.24, 2.45) is 0 Å². The third kappa shape index (κ3) is 2.80. The minimum Gasteiger partial charge on any atom is -0.388 e. The number of fused-ring (bicyclic) bond motifs is 1. The zero-order valence-corrected chi connectivity index (χ0v) is 12.1. The molecule has 0 atom stereocenters. The van der Waals surface area contributed by atoms with Crippen molar-refractivity contribution in [2.45, 2.75) is 25.4 Å². The molecule has 0 spiro atoms. The Labute approximate surface area is 123 Å². The van der Waals surface area contributed by atoms with Gasteiger partial charge in [-0.25, -0.2) is 0 Å². The van der Waals surface area contributed by atoms with E-state index in [1.807, 2.05) is 31.2 Å². The molecule has 0 bridgehead atoms. The summed E-state index contributed by atoms with van der Waals surface area (Å²) in [5, 5.41) is 14.2. The molecule has 2 heterocycles. The normalized spacial score (nSPS) is 17.8. The molecule has 1 amide bonds. The Balaban J connectivity index is 1.76. The number of aromatic nitrogens is 1. The zero-order chi connectivity index (χ0) is 14.9. The van der Waals surface area contributed by atoms with Gasteiger partial charge in [0.2, 0.25) is 0 Å². The van der Waals surface area contributed by atoms with E-state index in [0.29, 0.717) is 31.6 Å². The number of amides is 1. The Kier molecular flexibility index (Phi) is 3.69. The highest BCUT2D eigenvalue weighted by molar-refractivity contribution is 6.08. The number of aryl methyl sites for hydroxylation is 1. The van der Waals surface area contributed by atoms with Gasteiger partial charge in [0.05, 0.1) is 11.2 Å². The number of carbonyl (C=O) groups excluding carboxylic acids is 1. The number of para-hydroxylation sites is 1. The van der Waals surface area contributed by atoms with Crippen LogP contribution in [0.15, 0.2) is 24.3 Å². The van der Waals surface area contributed by atoms with Crippen molar-refractivity contribution in [3.8, 4) is 0 Å². The second-order valence-corrected chi connectivity index (χ2v) is 5.69. The van der Waals surface area contributed by atoms with Gasteiger partial charge in [0, 0.05) is 49.2 Å². The van der Waals surface area contributed by atoms with E-state index in [1.54, 1.807) is 0 Å². The quantitative estimate of drug-likeness (QED) is 0.805. The summed E-state index contributed by atoms with van der Waals surface area (Å²) in [6.07, 6.45) is 1.11. The van der Waals surface area contributed by atoms with Crippen LogP contribution in [0.25, 0.3) is 10.9 Å². The third-order valence-electron chi connectivity index (χ3n) is 4.12. The first kappa shape index (κ1) is 14.1. The number of H-pyrrole nitrogens is 1. The van der Waals surface area contributed by atoms with Crippen LogP contribution in [0.5, 0.6) is 0 Å². The Morgan fingerprint density at radius 3 is 2.86 bits per heavy atom. The number of carbonyl (C=O) groups is 1. The van der Waals surface area contributed by atoms with Gasteiger partial charge in [-0.05, 0) is 13.0 Å². The Bertz CT molecular complexity index is 657. The fourth-order valence-corrected chi connectivity index (χ4v) is 2.83. The van der Waals surface area contributed by atoms with Gasteiger partial charge in [-0.15, -0.1) is 0 Å². The molecule has 0 radical (unpaired) electrons. The molecule has 1 saturated heterocycles. The molecular weight excluding hydrogens is 268 g/mol. The number of nitrogens with one attached hydrogen (secondary N) is 2. The number of hydrogen-bond donors (Lipinski definition) is 3. The summed E-state index contributed by atoms with van der Waals surface area (Å²) in [5.41, 5.74) is 1.59. The summed E-state index contributed by atoms with van der Waals surface area (Å²) in [5.74, 6) is -0.148. The van der Waals surface area contributed by atoms with E-state index in [4.69, 9.17) is 4.74 Å². The zero-order valence-electron chi connectivity index (χ0n) is 12.1. The SMILES string of the molecule is Cc1[nH]c2ccccc2c1C(=O)NCC1(O)CCOCC1. The molecule has 1 aromatic carbocycles. The molecule has 21 heavy (non-hydrogen) atoms. The van der Waals surface area contributed by atoms with Crippen LogP contribution in [0.4, 0.5) is 0 Å². The first-order valence-electron chi connectivity index (χ1n) is 7.25. The van der Waals surface area contributed by atoms with Gasteiger partial charge in [-0.1, -0.05) is 18.2 Å². The first-order chi connectivity index (χ1) is 10.1. The van der Waals surface area contributed by atoms with Gasteiger partial charge in [0.25, 0.3) is 5.91 Å². The van der Waals surface area contributed by atoms with Crippen molar-refractivity contribution in [1.82, 2.24) is 10.3 Å². The summed E-state index contributed by atoms with van der Waals surface area (Å²) in [4.78, 5) is 15.7. The minimum absolute atomic E-state index is 0.148. The van der Waals surface area contributed by atoms with Crippen LogP contribution >= 0.6 is 0 Å². The van der Waals surface area contributed by atoms with Crippen molar-refractivity contribution < 1.29 is 14.6 Å². The molecule has 3 N–H and O–H groups in total. The second kappa shape index (κ2) is 5.50. The number of rotatable bonds is 3. The van der Waals surface area contributed by atoms with Crippen molar-refractivity contribution in [3.05, 3.63) is 35.5 Å². The molecule has 1 fully saturated rings. The van der Waals surface area contributed by atoms with Crippen LogP contribution in [-0.4, -0.2) is 41.4 Å². The number of hydrogen-bond acceptors (Lipinski definition) is 3. The predicted molar refractivity (Wildman–Crippen MR) is 80.4 cm³/mol. The number of aliphatic hydroxyl groups is 1. The second-order valence-electron chi connectivity index (χ2n) is 5.69.